The van der Waals surface area contributed by atoms with Gasteiger partial charge in [0, 0.05) is 25.1 Å². The van der Waals surface area contributed by atoms with Gasteiger partial charge < -0.3 is 9.64 Å². The van der Waals surface area contributed by atoms with Gasteiger partial charge in [0.2, 0.25) is 0 Å². The summed E-state index contributed by atoms with van der Waals surface area (Å²) in [7, 11) is 1.88. The smallest absolute Gasteiger partial charge is 0.276 e. The van der Waals surface area contributed by atoms with E-state index in [9.17, 15) is 4.79 Å². The average Bonchev–Trinajstić information content (AvgIpc) is 3.13. The van der Waals surface area contributed by atoms with Crippen molar-refractivity contribution in [3.8, 4) is 0 Å². The molecular weight excluding hydrogens is 256 g/mol. The molecule has 2 aliphatic carbocycles. The summed E-state index contributed by atoms with van der Waals surface area (Å²) in [6.45, 7) is 2.79. The van der Waals surface area contributed by atoms with Crippen LogP contribution in [0.3, 0.4) is 0 Å². The summed E-state index contributed by atoms with van der Waals surface area (Å²) in [5.74, 6) is -0.0510. The third-order valence-corrected chi connectivity index (χ3v) is 5.07. The second-order valence-corrected chi connectivity index (χ2v) is 5.91. The predicted molar refractivity (Wildman–Crippen MR) is 73.2 cm³/mol. The Labute approximate surface area is 118 Å². The number of rotatable bonds is 4. The molecule has 2 atom stereocenters. The molecule has 2 aliphatic rings. The Morgan fingerprint density at radius 3 is 2.90 bits per heavy atom. The van der Waals surface area contributed by atoms with Crippen LogP contribution in [0.5, 0.6) is 0 Å². The number of carbonyl (C=O) groups is 1. The van der Waals surface area contributed by atoms with Crippen molar-refractivity contribution in [2.24, 2.45) is 5.41 Å². The quantitative estimate of drug-likeness (QED) is 0.908. The number of ether oxygens (including phenoxy) is 1. The molecule has 1 spiro atoms. The molecule has 6 heteroatoms. The Morgan fingerprint density at radius 1 is 1.55 bits per heavy atom. The fourth-order valence-corrected chi connectivity index (χ4v) is 4.02. The third kappa shape index (κ3) is 1.93. The number of nitrogens with zero attached hydrogens (tertiary/aromatic N) is 3. The predicted octanol–water partition coefficient (Wildman–Crippen LogP) is 1.61. The summed E-state index contributed by atoms with van der Waals surface area (Å²) in [4.78, 5) is 14.3. The fourth-order valence-electron chi connectivity index (χ4n) is 4.02. The van der Waals surface area contributed by atoms with Crippen molar-refractivity contribution in [2.75, 3.05) is 13.7 Å². The van der Waals surface area contributed by atoms with E-state index in [1.807, 2.05) is 18.9 Å². The number of amides is 1. The number of nitrogens with one attached hydrogen (secondary N) is 1. The summed E-state index contributed by atoms with van der Waals surface area (Å²) in [5.41, 5.74) is 0.560. The lowest BCUT2D eigenvalue weighted by Crippen LogP contribution is -2.64. The second-order valence-electron chi connectivity index (χ2n) is 5.91. The topological polar surface area (TPSA) is 71.1 Å². The Kier molecular flexibility index (Phi) is 3.50. The molecule has 6 nitrogen and oxygen atoms in total. The molecular formula is C14H22N4O2. The average molecular weight is 278 g/mol. The van der Waals surface area contributed by atoms with Crippen molar-refractivity contribution < 1.29 is 9.53 Å². The third-order valence-electron chi connectivity index (χ3n) is 5.07. The van der Waals surface area contributed by atoms with Crippen LogP contribution in [-0.4, -0.2) is 52.0 Å². The van der Waals surface area contributed by atoms with Gasteiger partial charge in [-0.2, -0.15) is 15.4 Å². The molecule has 2 fully saturated rings. The van der Waals surface area contributed by atoms with Crippen molar-refractivity contribution >= 4 is 5.91 Å². The standard InChI is InChI=1S/C14H22N4O2/c1-3-20-12-8-11(14(12)6-4-5-7-14)18(2)13(19)10-9-15-17-16-10/h9,11-12H,3-8H2,1-2H3,(H,15,16,17)/t11-,12-/m1/s1. The molecule has 20 heavy (non-hydrogen) atoms. The van der Waals surface area contributed by atoms with Crippen LogP contribution in [0.2, 0.25) is 0 Å². The summed E-state index contributed by atoms with van der Waals surface area (Å²) >= 11 is 0. The fraction of sp³-hybridized carbons (Fsp3) is 0.786. The lowest BCUT2D eigenvalue weighted by atomic mass is 9.60. The maximum atomic E-state index is 12.4. The molecule has 0 saturated heterocycles. The maximum Gasteiger partial charge on any atom is 0.276 e. The minimum Gasteiger partial charge on any atom is -0.378 e. The van der Waals surface area contributed by atoms with Gasteiger partial charge in [0.25, 0.3) is 5.91 Å². The van der Waals surface area contributed by atoms with Gasteiger partial charge in [-0.15, -0.1) is 0 Å². The van der Waals surface area contributed by atoms with Crippen LogP contribution in [0, 0.1) is 5.41 Å². The van der Waals surface area contributed by atoms with Crippen molar-refractivity contribution in [1.29, 1.82) is 0 Å². The first kappa shape index (κ1) is 13.5. The first-order valence-electron chi connectivity index (χ1n) is 7.43. The first-order chi connectivity index (χ1) is 9.69. The van der Waals surface area contributed by atoms with Crippen LogP contribution < -0.4 is 0 Å². The lowest BCUT2D eigenvalue weighted by molar-refractivity contribution is -0.152. The van der Waals surface area contributed by atoms with Crippen LogP contribution in [0.15, 0.2) is 6.20 Å². The van der Waals surface area contributed by atoms with Gasteiger partial charge in [-0.05, 0) is 26.2 Å². The molecule has 0 radical (unpaired) electrons. The maximum absolute atomic E-state index is 12.4. The van der Waals surface area contributed by atoms with E-state index in [-0.39, 0.29) is 17.4 Å². The van der Waals surface area contributed by atoms with E-state index in [1.165, 1.54) is 31.9 Å². The molecule has 1 heterocycles. The van der Waals surface area contributed by atoms with Gasteiger partial charge >= 0.3 is 0 Å². The van der Waals surface area contributed by atoms with E-state index >= 15 is 0 Å². The first-order valence-corrected chi connectivity index (χ1v) is 7.43. The van der Waals surface area contributed by atoms with Gasteiger partial charge in [0.05, 0.1) is 12.3 Å². The Hall–Kier alpha value is -1.43. The molecule has 1 amide bonds. The monoisotopic (exact) mass is 278 g/mol. The minimum atomic E-state index is -0.0510. The van der Waals surface area contributed by atoms with Crippen LogP contribution in [0.1, 0.15) is 49.5 Å². The van der Waals surface area contributed by atoms with E-state index in [4.69, 9.17) is 4.74 Å². The molecule has 0 bridgehead atoms. The highest BCUT2D eigenvalue weighted by molar-refractivity contribution is 5.92. The zero-order valence-electron chi connectivity index (χ0n) is 12.1. The molecule has 0 unspecified atom stereocenters. The van der Waals surface area contributed by atoms with E-state index in [0.717, 1.165) is 13.0 Å². The molecule has 0 aliphatic heterocycles. The number of H-pyrrole nitrogens is 1. The number of hydrogen-bond donors (Lipinski definition) is 1. The van der Waals surface area contributed by atoms with Gasteiger partial charge in [-0.25, -0.2) is 0 Å². The minimum absolute atomic E-state index is 0.0510. The molecule has 2 saturated carbocycles. The summed E-state index contributed by atoms with van der Waals surface area (Å²) in [6, 6.07) is 0.269. The normalized spacial score (nSPS) is 27.5. The molecule has 1 N–H and O–H groups in total. The highest BCUT2D eigenvalue weighted by Crippen LogP contribution is 2.56. The van der Waals surface area contributed by atoms with Gasteiger partial charge in [-0.1, -0.05) is 12.8 Å². The lowest BCUT2D eigenvalue weighted by Gasteiger charge is -2.56. The molecule has 1 aromatic rings. The second kappa shape index (κ2) is 5.16. The number of hydrogen-bond acceptors (Lipinski definition) is 4. The number of carbonyl (C=O) groups excluding carboxylic acids is 1. The van der Waals surface area contributed by atoms with E-state index in [1.54, 1.807) is 0 Å². The van der Waals surface area contributed by atoms with Crippen molar-refractivity contribution in [1.82, 2.24) is 20.3 Å². The van der Waals surface area contributed by atoms with Crippen LogP contribution in [0.4, 0.5) is 0 Å². The molecule has 110 valence electrons. The van der Waals surface area contributed by atoms with E-state index in [0.29, 0.717) is 11.8 Å². The Morgan fingerprint density at radius 2 is 2.30 bits per heavy atom. The SMILES string of the molecule is CCO[C@@H]1C[C@@H](N(C)C(=O)c2cn[nH]n2)C12CCCC2. The van der Waals surface area contributed by atoms with Gasteiger partial charge in [0.1, 0.15) is 0 Å². The van der Waals surface area contributed by atoms with Crippen LogP contribution >= 0.6 is 0 Å². The summed E-state index contributed by atoms with van der Waals surface area (Å²) in [5, 5.41) is 10.1. The highest BCUT2D eigenvalue weighted by atomic mass is 16.5. The summed E-state index contributed by atoms with van der Waals surface area (Å²) < 4.78 is 5.89. The summed E-state index contributed by atoms with van der Waals surface area (Å²) in [6.07, 6.45) is 7.55. The number of aromatic nitrogens is 3. The van der Waals surface area contributed by atoms with Crippen LogP contribution in [0.25, 0.3) is 0 Å². The Balaban J connectivity index is 1.75. The van der Waals surface area contributed by atoms with Crippen LogP contribution in [-0.2, 0) is 4.74 Å². The largest absolute Gasteiger partial charge is 0.378 e. The zero-order valence-corrected chi connectivity index (χ0v) is 12.1. The molecule has 0 aromatic carbocycles. The molecule has 1 aromatic heterocycles. The van der Waals surface area contributed by atoms with E-state index < -0.39 is 0 Å². The number of aromatic amines is 1. The van der Waals surface area contributed by atoms with Crippen molar-refractivity contribution in [3.05, 3.63) is 11.9 Å². The van der Waals surface area contributed by atoms with Gasteiger partial charge in [-0.3, -0.25) is 4.79 Å². The zero-order chi connectivity index (χ0) is 14.2. The van der Waals surface area contributed by atoms with Crippen molar-refractivity contribution in [2.45, 2.75) is 51.2 Å². The van der Waals surface area contributed by atoms with Gasteiger partial charge in [0.15, 0.2) is 5.69 Å². The van der Waals surface area contributed by atoms with Crippen molar-refractivity contribution in [3.63, 3.8) is 0 Å². The molecule has 3 rings (SSSR count). The highest BCUT2D eigenvalue weighted by Gasteiger charge is 2.58. The Bertz CT molecular complexity index is 468. The van der Waals surface area contributed by atoms with E-state index in [2.05, 4.69) is 15.4 Å².